The summed E-state index contributed by atoms with van der Waals surface area (Å²) in [5.74, 6) is 1.34. The van der Waals surface area contributed by atoms with Crippen molar-refractivity contribution in [2.45, 2.75) is 25.4 Å². The maximum atomic E-state index is 12.6. The van der Waals surface area contributed by atoms with Gasteiger partial charge in [0.2, 0.25) is 0 Å². The van der Waals surface area contributed by atoms with Crippen LogP contribution in [0, 0.1) is 13.8 Å². The molecule has 1 aliphatic heterocycles. The van der Waals surface area contributed by atoms with Crippen LogP contribution < -0.4 is 5.32 Å². The molecule has 0 spiro atoms. The van der Waals surface area contributed by atoms with Crippen molar-refractivity contribution in [2.75, 3.05) is 5.32 Å². The molecule has 0 fully saturated rings. The standard InChI is InChI=1S/C18H17N3O2S2/c1-11-5-3-6-15(12(11)2)21-17(13-9-25(23)10-14(13)20-21)19-18(22)16-7-4-8-24-16/h3-8H,9-10H2,1-2H3,(H,19,22)/t25-/m1/s1. The van der Waals surface area contributed by atoms with E-state index < -0.39 is 10.8 Å². The van der Waals surface area contributed by atoms with Crippen LogP contribution in [0.1, 0.15) is 32.1 Å². The molecule has 0 aliphatic carbocycles. The fourth-order valence-corrected chi connectivity index (χ4v) is 4.86. The molecule has 1 N–H and O–H groups in total. The van der Waals surface area contributed by atoms with E-state index in [1.165, 1.54) is 11.3 Å². The highest BCUT2D eigenvalue weighted by Gasteiger charge is 2.29. The Bertz CT molecular complexity index is 990. The molecule has 2 aromatic heterocycles. The van der Waals surface area contributed by atoms with Gasteiger partial charge in [-0.05, 0) is 42.5 Å². The summed E-state index contributed by atoms with van der Waals surface area (Å²) in [6, 6.07) is 9.66. The lowest BCUT2D eigenvalue weighted by atomic mass is 10.1. The van der Waals surface area contributed by atoms with Gasteiger partial charge in [0.25, 0.3) is 5.91 Å². The SMILES string of the molecule is Cc1cccc(-n2nc3c(c2NC(=O)c2cccs2)C[S@@](=O)C3)c1C. The van der Waals surface area contributed by atoms with E-state index in [9.17, 15) is 9.00 Å². The van der Waals surface area contributed by atoms with Crippen LogP contribution in [0.2, 0.25) is 0 Å². The molecule has 1 amide bonds. The number of anilines is 1. The van der Waals surface area contributed by atoms with Gasteiger partial charge in [0.1, 0.15) is 5.82 Å². The van der Waals surface area contributed by atoms with Gasteiger partial charge in [-0.15, -0.1) is 11.3 Å². The third-order valence-corrected chi connectivity index (χ3v) is 6.53. The number of nitrogens with zero attached hydrogens (tertiary/aromatic N) is 2. The van der Waals surface area contributed by atoms with Gasteiger partial charge in [-0.3, -0.25) is 9.00 Å². The zero-order valence-corrected chi connectivity index (χ0v) is 15.5. The highest BCUT2D eigenvalue weighted by molar-refractivity contribution is 7.83. The number of amides is 1. The molecule has 0 radical (unpaired) electrons. The smallest absolute Gasteiger partial charge is 0.266 e. The minimum Gasteiger partial charge on any atom is -0.305 e. The highest BCUT2D eigenvalue weighted by Crippen LogP contribution is 2.33. The largest absolute Gasteiger partial charge is 0.305 e. The van der Waals surface area contributed by atoms with Gasteiger partial charge in [-0.25, -0.2) is 4.68 Å². The van der Waals surface area contributed by atoms with Gasteiger partial charge in [0.05, 0.1) is 27.8 Å². The quantitative estimate of drug-likeness (QED) is 0.766. The van der Waals surface area contributed by atoms with Crippen molar-refractivity contribution in [1.29, 1.82) is 0 Å². The molecular formula is C18H17N3O2S2. The van der Waals surface area contributed by atoms with E-state index in [1.807, 2.05) is 30.5 Å². The highest BCUT2D eigenvalue weighted by atomic mass is 32.2. The van der Waals surface area contributed by atoms with Crippen LogP contribution in [-0.4, -0.2) is 19.9 Å². The zero-order chi connectivity index (χ0) is 17.6. The third-order valence-electron chi connectivity index (χ3n) is 4.45. The Balaban J connectivity index is 1.83. The average molecular weight is 371 g/mol. The Kier molecular flexibility index (Phi) is 4.05. The fourth-order valence-electron chi connectivity index (χ4n) is 2.97. The van der Waals surface area contributed by atoms with Gasteiger partial charge in [-0.1, -0.05) is 18.2 Å². The molecule has 25 heavy (non-hydrogen) atoms. The Morgan fingerprint density at radius 3 is 2.84 bits per heavy atom. The van der Waals surface area contributed by atoms with Crippen molar-refractivity contribution >= 4 is 33.9 Å². The number of aromatic nitrogens is 2. The number of aryl methyl sites for hydroxylation is 1. The molecule has 3 heterocycles. The van der Waals surface area contributed by atoms with Crippen molar-refractivity contribution < 1.29 is 9.00 Å². The maximum Gasteiger partial charge on any atom is 0.266 e. The van der Waals surface area contributed by atoms with Gasteiger partial charge < -0.3 is 5.32 Å². The van der Waals surface area contributed by atoms with Crippen LogP contribution in [0.4, 0.5) is 5.82 Å². The summed E-state index contributed by atoms with van der Waals surface area (Å²) in [5, 5.41) is 9.53. The number of thiophene rings is 1. The van der Waals surface area contributed by atoms with Gasteiger partial charge >= 0.3 is 0 Å². The number of fused-ring (bicyclic) bond motifs is 1. The van der Waals surface area contributed by atoms with E-state index in [4.69, 9.17) is 0 Å². The van der Waals surface area contributed by atoms with E-state index in [1.54, 1.807) is 10.7 Å². The number of hydrogen-bond donors (Lipinski definition) is 1. The van der Waals surface area contributed by atoms with Crippen molar-refractivity contribution in [2.24, 2.45) is 0 Å². The molecule has 128 valence electrons. The summed E-state index contributed by atoms with van der Waals surface area (Å²) in [7, 11) is -0.949. The second kappa shape index (κ2) is 6.24. The summed E-state index contributed by atoms with van der Waals surface area (Å²) in [5.41, 5.74) is 4.88. The minimum atomic E-state index is -0.949. The molecule has 1 aliphatic rings. The van der Waals surface area contributed by atoms with Gasteiger partial charge in [-0.2, -0.15) is 5.10 Å². The first-order valence-electron chi connectivity index (χ1n) is 7.92. The summed E-state index contributed by atoms with van der Waals surface area (Å²) >= 11 is 1.39. The Morgan fingerprint density at radius 2 is 2.08 bits per heavy atom. The van der Waals surface area contributed by atoms with E-state index in [-0.39, 0.29) is 5.91 Å². The predicted octanol–water partition coefficient (Wildman–Crippen LogP) is 3.57. The molecule has 7 heteroatoms. The van der Waals surface area contributed by atoms with Gasteiger partial charge in [0, 0.05) is 16.4 Å². The molecule has 5 nitrogen and oxygen atoms in total. The van der Waals surface area contributed by atoms with Crippen LogP contribution in [0.5, 0.6) is 0 Å². The van der Waals surface area contributed by atoms with Crippen molar-refractivity contribution in [3.63, 3.8) is 0 Å². The number of rotatable bonds is 3. The summed E-state index contributed by atoms with van der Waals surface area (Å²) < 4.78 is 13.7. The molecule has 0 saturated carbocycles. The number of benzene rings is 1. The second-order valence-corrected chi connectivity index (χ2v) is 8.47. The number of hydrogen-bond acceptors (Lipinski definition) is 4. The van der Waals surface area contributed by atoms with Crippen LogP contribution in [0.15, 0.2) is 35.7 Å². The Hall–Kier alpha value is -2.25. The Morgan fingerprint density at radius 1 is 1.24 bits per heavy atom. The monoisotopic (exact) mass is 371 g/mol. The lowest BCUT2D eigenvalue weighted by Crippen LogP contribution is -2.16. The van der Waals surface area contributed by atoms with Crippen molar-refractivity contribution in [3.05, 3.63) is 63.0 Å². The van der Waals surface area contributed by atoms with E-state index in [0.717, 1.165) is 28.1 Å². The second-order valence-electron chi connectivity index (χ2n) is 6.06. The first-order valence-corrected chi connectivity index (χ1v) is 10.3. The van der Waals surface area contributed by atoms with E-state index in [2.05, 4.69) is 23.4 Å². The van der Waals surface area contributed by atoms with Crippen molar-refractivity contribution in [3.8, 4) is 5.69 Å². The normalized spacial score (nSPS) is 16.0. The van der Waals surface area contributed by atoms with Crippen LogP contribution in [0.25, 0.3) is 5.69 Å². The van der Waals surface area contributed by atoms with E-state index >= 15 is 0 Å². The topological polar surface area (TPSA) is 64.0 Å². The number of carbonyl (C=O) groups is 1. The molecule has 0 saturated heterocycles. The first-order chi connectivity index (χ1) is 12.0. The average Bonchev–Trinajstić information content (AvgIpc) is 3.28. The molecule has 1 aromatic carbocycles. The summed E-state index contributed by atoms with van der Waals surface area (Å²) in [6.07, 6.45) is 0. The molecule has 0 unspecified atom stereocenters. The zero-order valence-electron chi connectivity index (χ0n) is 13.9. The minimum absolute atomic E-state index is 0.165. The lowest BCUT2D eigenvalue weighted by molar-refractivity contribution is 0.102. The van der Waals surface area contributed by atoms with Crippen LogP contribution in [0.3, 0.4) is 0 Å². The molecule has 4 rings (SSSR count). The summed E-state index contributed by atoms with van der Waals surface area (Å²) in [6.45, 7) is 4.09. The Labute approximate surface area is 152 Å². The third kappa shape index (κ3) is 2.83. The van der Waals surface area contributed by atoms with Crippen LogP contribution >= 0.6 is 11.3 Å². The predicted molar refractivity (Wildman–Crippen MR) is 101 cm³/mol. The van der Waals surface area contributed by atoms with Crippen LogP contribution in [-0.2, 0) is 22.3 Å². The molecular weight excluding hydrogens is 354 g/mol. The molecule has 1 atom stereocenters. The maximum absolute atomic E-state index is 12.6. The van der Waals surface area contributed by atoms with E-state index in [0.29, 0.717) is 22.2 Å². The van der Waals surface area contributed by atoms with Gasteiger partial charge in [0.15, 0.2) is 0 Å². The molecule has 0 bridgehead atoms. The van der Waals surface area contributed by atoms with Crippen molar-refractivity contribution in [1.82, 2.24) is 9.78 Å². The number of nitrogens with one attached hydrogen (secondary N) is 1. The lowest BCUT2D eigenvalue weighted by Gasteiger charge is -2.13. The molecule has 3 aromatic rings. The summed E-state index contributed by atoms with van der Waals surface area (Å²) in [4.78, 5) is 13.2. The fraction of sp³-hybridized carbons (Fsp3) is 0.222. The first kappa shape index (κ1) is 16.2. The number of carbonyl (C=O) groups excluding carboxylic acids is 1.